The summed E-state index contributed by atoms with van der Waals surface area (Å²) < 4.78 is 0. The molecule has 4 N–H and O–H groups in total. The Balaban J connectivity index is 1.79. The summed E-state index contributed by atoms with van der Waals surface area (Å²) in [5.74, 6) is -0.948. The zero-order valence-electron chi connectivity index (χ0n) is 17.3. The van der Waals surface area contributed by atoms with Crippen LogP contribution in [0.3, 0.4) is 0 Å². The van der Waals surface area contributed by atoms with Crippen LogP contribution in [0.25, 0.3) is 10.9 Å². The maximum Gasteiger partial charge on any atom is 0.251 e. The minimum absolute atomic E-state index is 0.190. The fourth-order valence-electron chi connectivity index (χ4n) is 3.15. The molecule has 0 radical (unpaired) electrons. The highest BCUT2D eigenvalue weighted by Gasteiger charge is 2.24. The average molecular weight is 406 g/mol. The summed E-state index contributed by atoms with van der Waals surface area (Å²) in [6.07, 6.45) is 2.22. The van der Waals surface area contributed by atoms with Gasteiger partial charge in [-0.1, -0.05) is 32.0 Å². The molecule has 0 aliphatic heterocycles. The van der Waals surface area contributed by atoms with Gasteiger partial charge >= 0.3 is 0 Å². The van der Waals surface area contributed by atoms with Crippen LogP contribution in [-0.4, -0.2) is 35.8 Å². The van der Waals surface area contributed by atoms with Gasteiger partial charge in [0.1, 0.15) is 6.04 Å². The number of carbonyl (C=O) groups is 3. The SMILES string of the molecule is CNC(=O)c1ccc(NC(=O)C(Cc2c[nH]c3ccccc23)NC(=O)C(C)C)cc1. The molecule has 1 unspecified atom stereocenters. The van der Waals surface area contributed by atoms with E-state index in [0.29, 0.717) is 17.7 Å². The smallest absolute Gasteiger partial charge is 0.251 e. The first kappa shape index (κ1) is 21.1. The highest BCUT2D eigenvalue weighted by Crippen LogP contribution is 2.20. The summed E-state index contributed by atoms with van der Waals surface area (Å²) in [4.78, 5) is 40.2. The summed E-state index contributed by atoms with van der Waals surface area (Å²) in [7, 11) is 1.56. The molecular formula is C23H26N4O3. The molecule has 0 saturated heterocycles. The van der Waals surface area contributed by atoms with Gasteiger partial charge in [0.15, 0.2) is 0 Å². The van der Waals surface area contributed by atoms with E-state index in [2.05, 4.69) is 20.9 Å². The van der Waals surface area contributed by atoms with Crippen LogP contribution >= 0.6 is 0 Å². The van der Waals surface area contributed by atoms with Crippen molar-refractivity contribution in [3.63, 3.8) is 0 Å². The lowest BCUT2D eigenvalue weighted by molar-refractivity contribution is -0.128. The van der Waals surface area contributed by atoms with Crippen LogP contribution in [0.15, 0.2) is 54.7 Å². The van der Waals surface area contributed by atoms with Crippen LogP contribution < -0.4 is 16.0 Å². The first-order chi connectivity index (χ1) is 14.4. The van der Waals surface area contributed by atoms with Crippen molar-refractivity contribution in [3.8, 4) is 0 Å². The van der Waals surface area contributed by atoms with Crippen molar-refractivity contribution in [1.82, 2.24) is 15.6 Å². The van der Waals surface area contributed by atoms with Crippen LogP contribution in [0.4, 0.5) is 5.69 Å². The topological polar surface area (TPSA) is 103 Å². The molecule has 7 nitrogen and oxygen atoms in total. The van der Waals surface area contributed by atoms with Gasteiger partial charge in [-0.2, -0.15) is 0 Å². The first-order valence-electron chi connectivity index (χ1n) is 9.87. The minimum atomic E-state index is -0.738. The maximum atomic E-state index is 13.0. The van der Waals surface area contributed by atoms with Gasteiger partial charge in [-0.15, -0.1) is 0 Å². The third kappa shape index (κ3) is 4.86. The summed E-state index contributed by atoms with van der Waals surface area (Å²) in [5, 5.41) is 9.26. The number of amides is 3. The third-order valence-corrected chi connectivity index (χ3v) is 4.90. The fourth-order valence-corrected chi connectivity index (χ4v) is 3.15. The first-order valence-corrected chi connectivity index (χ1v) is 9.87. The molecule has 0 aliphatic carbocycles. The molecule has 1 heterocycles. The Bertz CT molecular complexity index is 1050. The number of anilines is 1. The zero-order valence-corrected chi connectivity index (χ0v) is 17.3. The summed E-state index contributed by atoms with van der Waals surface area (Å²) in [6, 6.07) is 13.7. The van der Waals surface area contributed by atoms with E-state index in [-0.39, 0.29) is 23.6 Å². The molecule has 1 atom stereocenters. The third-order valence-electron chi connectivity index (χ3n) is 4.90. The van der Waals surface area contributed by atoms with Gasteiger partial charge < -0.3 is 20.9 Å². The second kappa shape index (κ2) is 9.26. The number of para-hydroxylation sites is 1. The summed E-state index contributed by atoms with van der Waals surface area (Å²) in [5.41, 5.74) is 2.98. The highest BCUT2D eigenvalue weighted by molar-refractivity contribution is 5.99. The summed E-state index contributed by atoms with van der Waals surface area (Å²) >= 11 is 0. The number of benzene rings is 2. The van der Waals surface area contributed by atoms with E-state index in [1.807, 2.05) is 30.5 Å². The Hall–Kier alpha value is -3.61. The number of fused-ring (bicyclic) bond motifs is 1. The number of hydrogen-bond acceptors (Lipinski definition) is 3. The van der Waals surface area contributed by atoms with E-state index in [4.69, 9.17) is 0 Å². The van der Waals surface area contributed by atoms with Crippen molar-refractivity contribution in [1.29, 1.82) is 0 Å². The van der Waals surface area contributed by atoms with Gasteiger partial charge in [0.05, 0.1) is 0 Å². The van der Waals surface area contributed by atoms with Gasteiger partial charge in [-0.25, -0.2) is 0 Å². The lowest BCUT2D eigenvalue weighted by Crippen LogP contribution is -2.46. The van der Waals surface area contributed by atoms with Crippen molar-refractivity contribution >= 4 is 34.3 Å². The molecular weight excluding hydrogens is 380 g/mol. The molecule has 0 fully saturated rings. The van der Waals surface area contributed by atoms with E-state index in [9.17, 15) is 14.4 Å². The number of hydrogen-bond donors (Lipinski definition) is 4. The molecule has 156 valence electrons. The lowest BCUT2D eigenvalue weighted by Gasteiger charge is -2.20. The molecule has 0 saturated carbocycles. The molecule has 2 aromatic carbocycles. The Morgan fingerprint density at radius 1 is 0.967 bits per heavy atom. The predicted octanol–water partition coefficient (Wildman–Crippen LogP) is 2.85. The van der Waals surface area contributed by atoms with Crippen LogP contribution in [0.1, 0.15) is 29.8 Å². The molecule has 3 aromatic rings. The van der Waals surface area contributed by atoms with Gasteiger partial charge in [-0.05, 0) is 35.9 Å². The number of aromatic amines is 1. The Morgan fingerprint density at radius 3 is 2.33 bits per heavy atom. The predicted molar refractivity (Wildman–Crippen MR) is 117 cm³/mol. The van der Waals surface area contributed by atoms with Crippen LogP contribution in [-0.2, 0) is 16.0 Å². The number of carbonyl (C=O) groups excluding carboxylic acids is 3. The van der Waals surface area contributed by atoms with Crippen LogP contribution in [0.5, 0.6) is 0 Å². The number of H-pyrrole nitrogens is 1. The minimum Gasteiger partial charge on any atom is -0.361 e. The van der Waals surface area contributed by atoms with Gasteiger partial charge in [-0.3, -0.25) is 14.4 Å². The number of rotatable bonds is 7. The Kier molecular flexibility index (Phi) is 6.51. The second-order valence-corrected chi connectivity index (χ2v) is 7.43. The quantitative estimate of drug-likeness (QED) is 0.485. The molecule has 1 aromatic heterocycles. The molecule has 30 heavy (non-hydrogen) atoms. The second-order valence-electron chi connectivity index (χ2n) is 7.43. The van der Waals surface area contributed by atoms with E-state index < -0.39 is 6.04 Å². The van der Waals surface area contributed by atoms with Gasteiger partial charge in [0.25, 0.3) is 5.91 Å². The van der Waals surface area contributed by atoms with Crippen LogP contribution in [0.2, 0.25) is 0 Å². The van der Waals surface area contributed by atoms with Crippen LogP contribution in [0, 0.1) is 5.92 Å². The van der Waals surface area contributed by atoms with E-state index in [1.165, 1.54) is 0 Å². The lowest BCUT2D eigenvalue weighted by atomic mass is 10.0. The van der Waals surface area contributed by atoms with E-state index in [0.717, 1.165) is 16.5 Å². The standard InChI is InChI=1S/C23H26N4O3/c1-14(2)21(28)27-20(12-16-13-25-19-7-5-4-6-18(16)19)23(30)26-17-10-8-15(9-11-17)22(29)24-3/h4-11,13-14,20,25H,12H2,1-3H3,(H,24,29)(H,26,30)(H,27,28). The molecule has 0 aliphatic rings. The molecule has 7 heteroatoms. The van der Waals surface area contributed by atoms with Crippen molar-refractivity contribution in [2.45, 2.75) is 26.3 Å². The number of nitrogens with one attached hydrogen (secondary N) is 4. The van der Waals surface area contributed by atoms with E-state index in [1.54, 1.807) is 45.2 Å². The zero-order chi connectivity index (χ0) is 21.7. The van der Waals surface area contributed by atoms with E-state index >= 15 is 0 Å². The van der Waals surface area contributed by atoms with Crippen molar-refractivity contribution in [2.75, 3.05) is 12.4 Å². The normalized spacial score (nSPS) is 11.9. The largest absolute Gasteiger partial charge is 0.361 e. The van der Waals surface area contributed by atoms with Crippen molar-refractivity contribution < 1.29 is 14.4 Å². The Morgan fingerprint density at radius 2 is 1.67 bits per heavy atom. The summed E-state index contributed by atoms with van der Waals surface area (Å²) in [6.45, 7) is 3.57. The number of aromatic nitrogens is 1. The average Bonchev–Trinajstić information content (AvgIpc) is 3.16. The molecule has 0 spiro atoms. The van der Waals surface area contributed by atoms with Gasteiger partial charge in [0.2, 0.25) is 11.8 Å². The molecule has 0 bridgehead atoms. The molecule has 3 rings (SSSR count). The highest BCUT2D eigenvalue weighted by atomic mass is 16.2. The monoisotopic (exact) mass is 406 g/mol. The maximum absolute atomic E-state index is 13.0. The molecule has 3 amide bonds. The fraction of sp³-hybridized carbons (Fsp3) is 0.261. The van der Waals surface area contributed by atoms with Gasteiger partial charge in [0, 0.05) is 47.7 Å². The van der Waals surface area contributed by atoms with Crippen molar-refractivity contribution in [3.05, 3.63) is 65.9 Å². The van der Waals surface area contributed by atoms with Crippen molar-refractivity contribution in [2.24, 2.45) is 5.92 Å². The Labute approximate surface area is 175 Å².